The summed E-state index contributed by atoms with van der Waals surface area (Å²) in [6.45, 7) is 0.214. The molecule has 0 spiro atoms. The summed E-state index contributed by atoms with van der Waals surface area (Å²) in [6, 6.07) is 12.6. The lowest BCUT2D eigenvalue weighted by Gasteiger charge is -2.24. The number of hydrogen-bond acceptors (Lipinski definition) is 3. The third-order valence-corrected chi connectivity index (χ3v) is 4.67. The first-order valence-electron chi connectivity index (χ1n) is 8.64. The second-order valence-electron chi connectivity index (χ2n) is 6.64. The van der Waals surface area contributed by atoms with Crippen LogP contribution in [-0.2, 0) is 16.2 Å². The standard InChI is InChI=1S/C20H18F2N2O2/c21-15-6-3-5-13(10-15)18-11-19(26-23-18)20(25)24(16-8-9-16)12-14-4-1-2-7-17(14)22/h1-7,10,16,19H,8-9,11-12H2/t19-/m1/s1. The summed E-state index contributed by atoms with van der Waals surface area (Å²) in [7, 11) is 0. The number of benzene rings is 2. The number of carbonyl (C=O) groups is 1. The lowest BCUT2D eigenvalue weighted by molar-refractivity contribution is -0.143. The van der Waals surface area contributed by atoms with Gasteiger partial charge in [-0.15, -0.1) is 0 Å². The van der Waals surface area contributed by atoms with E-state index in [-0.39, 0.29) is 36.5 Å². The van der Waals surface area contributed by atoms with Crippen LogP contribution in [-0.4, -0.2) is 28.7 Å². The number of oxime groups is 1. The molecule has 2 aliphatic rings. The molecule has 134 valence electrons. The number of rotatable bonds is 5. The minimum Gasteiger partial charge on any atom is -0.382 e. The van der Waals surface area contributed by atoms with Crippen LogP contribution in [0.5, 0.6) is 0 Å². The van der Waals surface area contributed by atoms with E-state index in [0.717, 1.165) is 12.8 Å². The monoisotopic (exact) mass is 356 g/mol. The molecular formula is C20H18F2N2O2. The topological polar surface area (TPSA) is 41.9 Å². The van der Waals surface area contributed by atoms with Gasteiger partial charge in [0.25, 0.3) is 5.91 Å². The maximum absolute atomic E-state index is 14.0. The number of halogens is 2. The SMILES string of the molecule is O=C([C@H]1CC(c2cccc(F)c2)=NO1)N(Cc1ccccc1F)C1CC1. The summed E-state index contributed by atoms with van der Waals surface area (Å²) in [5.41, 5.74) is 1.63. The van der Waals surface area contributed by atoms with Crippen molar-refractivity contribution in [2.24, 2.45) is 5.16 Å². The molecule has 0 saturated heterocycles. The molecule has 0 N–H and O–H groups in total. The lowest BCUT2D eigenvalue weighted by Crippen LogP contribution is -2.40. The molecule has 1 saturated carbocycles. The summed E-state index contributed by atoms with van der Waals surface area (Å²) in [5, 5.41) is 3.96. The molecule has 2 aromatic carbocycles. The van der Waals surface area contributed by atoms with E-state index in [2.05, 4.69) is 5.16 Å². The average Bonchev–Trinajstić information content (AvgIpc) is 3.36. The van der Waals surface area contributed by atoms with Crippen LogP contribution in [0.1, 0.15) is 30.4 Å². The average molecular weight is 356 g/mol. The van der Waals surface area contributed by atoms with Gasteiger partial charge < -0.3 is 9.74 Å². The summed E-state index contributed by atoms with van der Waals surface area (Å²) in [5.74, 6) is -0.889. The van der Waals surface area contributed by atoms with Crippen molar-refractivity contribution in [2.45, 2.75) is 38.0 Å². The molecule has 6 heteroatoms. The van der Waals surface area contributed by atoms with Gasteiger partial charge in [-0.05, 0) is 31.0 Å². The summed E-state index contributed by atoms with van der Waals surface area (Å²) in [6.07, 6.45) is 1.35. The quantitative estimate of drug-likeness (QED) is 0.821. The predicted octanol–water partition coefficient (Wildman–Crippen LogP) is 3.65. The Bertz CT molecular complexity index is 864. The Kier molecular flexibility index (Phi) is 4.41. The normalized spacial score (nSPS) is 19.0. The molecule has 1 atom stereocenters. The highest BCUT2D eigenvalue weighted by molar-refractivity contribution is 6.04. The molecular weight excluding hydrogens is 338 g/mol. The van der Waals surface area contributed by atoms with E-state index in [1.807, 2.05) is 0 Å². The van der Waals surface area contributed by atoms with Crippen molar-refractivity contribution >= 4 is 11.6 Å². The maximum atomic E-state index is 14.0. The number of carbonyl (C=O) groups excluding carboxylic acids is 1. The first kappa shape index (κ1) is 16.7. The van der Waals surface area contributed by atoms with Crippen molar-refractivity contribution in [3.05, 3.63) is 71.3 Å². The molecule has 1 aliphatic heterocycles. The van der Waals surface area contributed by atoms with Gasteiger partial charge in [0.05, 0.1) is 5.71 Å². The third kappa shape index (κ3) is 3.45. The van der Waals surface area contributed by atoms with E-state index in [1.165, 1.54) is 18.2 Å². The van der Waals surface area contributed by atoms with Crippen molar-refractivity contribution < 1.29 is 18.4 Å². The Balaban J connectivity index is 1.47. The molecule has 0 unspecified atom stereocenters. The number of nitrogens with zero attached hydrogens (tertiary/aromatic N) is 2. The fourth-order valence-corrected chi connectivity index (χ4v) is 3.12. The van der Waals surface area contributed by atoms with Crippen LogP contribution in [0.2, 0.25) is 0 Å². The van der Waals surface area contributed by atoms with Gasteiger partial charge >= 0.3 is 0 Å². The van der Waals surface area contributed by atoms with Crippen LogP contribution < -0.4 is 0 Å². The fraction of sp³-hybridized carbons (Fsp3) is 0.300. The molecule has 1 heterocycles. The molecule has 0 aromatic heterocycles. The van der Waals surface area contributed by atoms with Gasteiger partial charge in [-0.3, -0.25) is 4.79 Å². The summed E-state index contributed by atoms with van der Waals surface area (Å²) >= 11 is 0. The fourth-order valence-electron chi connectivity index (χ4n) is 3.12. The van der Waals surface area contributed by atoms with Crippen molar-refractivity contribution in [3.63, 3.8) is 0 Å². The molecule has 1 amide bonds. The van der Waals surface area contributed by atoms with E-state index >= 15 is 0 Å². The molecule has 0 radical (unpaired) electrons. The van der Waals surface area contributed by atoms with E-state index in [0.29, 0.717) is 16.8 Å². The zero-order chi connectivity index (χ0) is 18.1. The highest BCUT2D eigenvalue weighted by Gasteiger charge is 2.39. The van der Waals surface area contributed by atoms with Crippen molar-refractivity contribution in [2.75, 3.05) is 0 Å². The van der Waals surface area contributed by atoms with Crippen LogP contribution in [0.15, 0.2) is 53.7 Å². The molecule has 1 fully saturated rings. The van der Waals surface area contributed by atoms with Crippen molar-refractivity contribution in [1.82, 2.24) is 4.90 Å². The van der Waals surface area contributed by atoms with Crippen LogP contribution in [0.3, 0.4) is 0 Å². The van der Waals surface area contributed by atoms with E-state index in [9.17, 15) is 13.6 Å². The van der Waals surface area contributed by atoms with Gasteiger partial charge in [-0.2, -0.15) is 0 Å². The Hall–Kier alpha value is -2.76. The Morgan fingerprint density at radius 3 is 2.69 bits per heavy atom. The van der Waals surface area contributed by atoms with Crippen molar-refractivity contribution in [1.29, 1.82) is 0 Å². The Labute approximate surface area is 150 Å². The van der Waals surface area contributed by atoms with Gasteiger partial charge in [0.15, 0.2) is 0 Å². The van der Waals surface area contributed by atoms with Gasteiger partial charge in [-0.25, -0.2) is 8.78 Å². The molecule has 1 aliphatic carbocycles. The highest BCUT2D eigenvalue weighted by Crippen LogP contribution is 2.31. The largest absolute Gasteiger partial charge is 0.382 e. The molecule has 4 rings (SSSR count). The van der Waals surface area contributed by atoms with E-state index < -0.39 is 6.10 Å². The van der Waals surface area contributed by atoms with Gasteiger partial charge in [0, 0.05) is 30.1 Å². The third-order valence-electron chi connectivity index (χ3n) is 4.67. The van der Waals surface area contributed by atoms with Crippen molar-refractivity contribution in [3.8, 4) is 0 Å². The lowest BCUT2D eigenvalue weighted by atomic mass is 10.0. The first-order valence-corrected chi connectivity index (χ1v) is 8.64. The minimum absolute atomic E-state index is 0.115. The predicted molar refractivity (Wildman–Crippen MR) is 92.4 cm³/mol. The Morgan fingerprint density at radius 2 is 1.96 bits per heavy atom. The number of amides is 1. The molecule has 0 bridgehead atoms. The summed E-state index contributed by atoms with van der Waals surface area (Å²) < 4.78 is 27.4. The van der Waals surface area contributed by atoms with Crippen LogP contribution in [0, 0.1) is 11.6 Å². The first-order chi connectivity index (χ1) is 12.6. The van der Waals surface area contributed by atoms with E-state index in [1.54, 1.807) is 35.2 Å². The van der Waals surface area contributed by atoms with Crippen LogP contribution in [0.25, 0.3) is 0 Å². The molecule has 26 heavy (non-hydrogen) atoms. The second kappa shape index (κ2) is 6.86. The molecule has 2 aromatic rings. The zero-order valence-electron chi connectivity index (χ0n) is 14.1. The highest BCUT2D eigenvalue weighted by atomic mass is 19.1. The molecule has 4 nitrogen and oxygen atoms in total. The minimum atomic E-state index is -0.749. The zero-order valence-corrected chi connectivity index (χ0v) is 14.1. The van der Waals surface area contributed by atoms with Gasteiger partial charge in [0.2, 0.25) is 6.10 Å². The van der Waals surface area contributed by atoms with Crippen LogP contribution >= 0.6 is 0 Å². The summed E-state index contributed by atoms with van der Waals surface area (Å²) in [4.78, 5) is 19.9. The smallest absolute Gasteiger partial charge is 0.267 e. The van der Waals surface area contributed by atoms with Crippen LogP contribution in [0.4, 0.5) is 8.78 Å². The Morgan fingerprint density at radius 1 is 1.15 bits per heavy atom. The van der Waals surface area contributed by atoms with E-state index in [4.69, 9.17) is 4.84 Å². The maximum Gasteiger partial charge on any atom is 0.267 e. The van der Waals surface area contributed by atoms with Gasteiger partial charge in [-0.1, -0.05) is 35.5 Å². The van der Waals surface area contributed by atoms with Gasteiger partial charge in [0.1, 0.15) is 11.6 Å². The number of hydrogen-bond donors (Lipinski definition) is 0. The second-order valence-corrected chi connectivity index (χ2v) is 6.64.